The van der Waals surface area contributed by atoms with Crippen molar-refractivity contribution >= 4 is 5.78 Å². The van der Waals surface area contributed by atoms with Gasteiger partial charge in [-0.15, -0.1) is 0 Å². The summed E-state index contributed by atoms with van der Waals surface area (Å²) in [5.74, 6) is 0.791. The molecule has 74 valence electrons. The number of nitrogens with two attached hydrogens (primary N) is 1. The minimum atomic E-state index is -0.0799. The van der Waals surface area contributed by atoms with E-state index in [9.17, 15) is 4.79 Å². The van der Waals surface area contributed by atoms with Crippen molar-refractivity contribution < 1.29 is 4.79 Å². The fraction of sp³-hybridized carbons (Fsp3) is 0.500. The van der Waals surface area contributed by atoms with Crippen LogP contribution in [0.25, 0.3) is 0 Å². The molecule has 0 bridgehead atoms. The number of hydrogen-bond donors (Lipinski definition) is 1. The Bertz CT molecular complexity index is 401. The number of hydrogen-bond acceptors (Lipinski definition) is 4. The molecule has 0 fully saturated rings. The molecule has 2 N–H and O–H groups in total. The molecule has 0 aliphatic heterocycles. The lowest BCUT2D eigenvalue weighted by Gasteiger charge is -2.20. The maximum absolute atomic E-state index is 11.7. The van der Waals surface area contributed by atoms with Crippen molar-refractivity contribution in [2.45, 2.75) is 32.7 Å². The van der Waals surface area contributed by atoms with Crippen LogP contribution < -0.4 is 5.73 Å². The normalized spacial score (nSPS) is 20.8. The molecule has 1 aromatic rings. The van der Waals surface area contributed by atoms with Crippen molar-refractivity contribution in [2.75, 3.05) is 0 Å². The highest BCUT2D eigenvalue weighted by Gasteiger charge is 2.26. The number of carbonyl (C=O) groups is 1. The van der Waals surface area contributed by atoms with Gasteiger partial charge in [0.25, 0.3) is 0 Å². The van der Waals surface area contributed by atoms with E-state index < -0.39 is 0 Å². The van der Waals surface area contributed by atoms with E-state index in [0.29, 0.717) is 24.2 Å². The Hall–Kier alpha value is -1.29. The number of aromatic nitrogens is 2. The highest BCUT2D eigenvalue weighted by Crippen LogP contribution is 2.21. The molecule has 2 rings (SSSR count). The van der Waals surface area contributed by atoms with E-state index >= 15 is 0 Å². The van der Waals surface area contributed by atoms with Gasteiger partial charge in [-0.1, -0.05) is 0 Å². The Kier molecular flexibility index (Phi) is 2.07. The number of rotatable bonds is 0. The molecule has 1 aliphatic rings. The molecular formula is C10H13N3O. The lowest BCUT2D eigenvalue weighted by Crippen LogP contribution is -2.33. The van der Waals surface area contributed by atoms with Crippen LogP contribution in [0.1, 0.15) is 34.0 Å². The van der Waals surface area contributed by atoms with Crippen molar-refractivity contribution in [1.29, 1.82) is 0 Å². The minimum absolute atomic E-state index is 0.0799. The number of carbonyl (C=O) groups excluding carboxylic acids is 1. The highest BCUT2D eigenvalue weighted by molar-refractivity contribution is 5.99. The van der Waals surface area contributed by atoms with E-state index in [2.05, 4.69) is 9.97 Å². The first-order valence-electron chi connectivity index (χ1n) is 4.71. The van der Waals surface area contributed by atoms with Crippen molar-refractivity contribution in [3.63, 3.8) is 0 Å². The summed E-state index contributed by atoms with van der Waals surface area (Å²) in [6.45, 7) is 3.68. The number of aryl methyl sites for hydroxylation is 2. The van der Waals surface area contributed by atoms with Crippen LogP contribution in [0.2, 0.25) is 0 Å². The molecule has 1 aromatic heterocycles. The largest absolute Gasteiger partial charge is 0.327 e. The predicted molar refractivity (Wildman–Crippen MR) is 52.1 cm³/mol. The molecule has 1 aliphatic carbocycles. The molecule has 0 radical (unpaired) electrons. The van der Waals surface area contributed by atoms with Crippen LogP contribution in [0.3, 0.4) is 0 Å². The van der Waals surface area contributed by atoms with Gasteiger partial charge in [-0.25, -0.2) is 9.97 Å². The number of fused-ring (bicyclic) bond motifs is 1. The van der Waals surface area contributed by atoms with Crippen molar-refractivity contribution in [2.24, 2.45) is 5.73 Å². The smallest absolute Gasteiger partial charge is 0.168 e. The SMILES string of the molecule is Cc1nc(C)c2c(n1)CC(N)CC2=O. The highest BCUT2D eigenvalue weighted by atomic mass is 16.1. The third kappa shape index (κ3) is 1.42. The second kappa shape index (κ2) is 3.13. The van der Waals surface area contributed by atoms with Crippen LogP contribution in [0, 0.1) is 13.8 Å². The average Bonchev–Trinajstić information content (AvgIpc) is 1.99. The van der Waals surface area contributed by atoms with Crippen LogP contribution >= 0.6 is 0 Å². The maximum atomic E-state index is 11.7. The van der Waals surface area contributed by atoms with Gasteiger partial charge in [-0.05, 0) is 13.8 Å². The van der Waals surface area contributed by atoms with Crippen LogP contribution in [-0.4, -0.2) is 21.8 Å². The van der Waals surface area contributed by atoms with E-state index in [1.165, 1.54) is 0 Å². The summed E-state index contributed by atoms with van der Waals surface area (Å²) in [4.78, 5) is 20.1. The van der Waals surface area contributed by atoms with Crippen molar-refractivity contribution in [1.82, 2.24) is 9.97 Å². The Balaban J connectivity index is 2.59. The van der Waals surface area contributed by atoms with Gasteiger partial charge in [-0.3, -0.25) is 4.79 Å². The second-order valence-electron chi connectivity index (χ2n) is 3.77. The molecule has 0 spiro atoms. The first kappa shape index (κ1) is 9.27. The van der Waals surface area contributed by atoms with Gasteiger partial charge >= 0.3 is 0 Å². The van der Waals surface area contributed by atoms with Crippen molar-refractivity contribution in [3.8, 4) is 0 Å². The summed E-state index contributed by atoms with van der Waals surface area (Å²) >= 11 is 0. The molecule has 0 saturated heterocycles. The number of ketones is 1. The minimum Gasteiger partial charge on any atom is -0.327 e. The molecule has 1 unspecified atom stereocenters. The van der Waals surface area contributed by atoms with Crippen LogP contribution in [0.4, 0.5) is 0 Å². The lowest BCUT2D eigenvalue weighted by molar-refractivity contribution is 0.0963. The first-order valence-corrected chi connectivity index (χ1v) is 4.71. The predicted octanol–water partition coefficient (Wildman–Crippen LogP) is 0.550. The lowest BCUT2D eigenvalue weighted by atomic mass is 9.90. The second-order valence-corrected chi connectivity index (χ2v) is 3.77. The summed E-state index contributed by atoms with van der Waals surface area (Å²) in [6.07, 6.45) is 1.10. The van der Waals surface area contributed by atoms with Gasteiger partial charge in [0.1, 0.15) is 5.82 Å². The van der Waals surface area contributed by atoms with Crippen LogP contribution in [0.15, 0.2) is 0 Å². The van der Waals surface area contributed by atoms with Crippen molar-refractivity contribution in [3.05, 3.63) is 22.8 Å². The van der Waals surface area contributed by atoms with Gasteiger partial charge in [0.15, 0.2) is 5.78 Å². The third-order valence-electron chi connectivity index (χ3n) is 2.46. The van der Waals surface area contributed by atoms with Gasteiger partial charge in [0, 0.05) is 18.9 Å². The fourth-order valence-electron chi connectivity index (χ4n) is 1.95. The van der Waals surface area contributed by atoms with Gasteiger partial charge in [0.05, 0.1) is 17.0 Å². The Morgan fingerprint density at radius 3 is 2.71 bits per heavy atom. The molecule has 4 heteroatoms. The van der Waals surface area contributed by atoms with E-state index in [1.54, 1.807) is 0 Å². The fourth-order valence-corrected chi connectivity index (χ4v) is 1.95. The monoisotopic (exact) mass is 191 g/mol. The van der Waals surface area contributed by atoms with Gasteiger partial charge in [0.2, 0.25) is 0 Å². The van der Waals surface area contributed by atoms with E-state index in [1.807, 2.05) is 13.8 Å². The molecular weight excluding hydrogens is 178 g/mol. The van der Waals surface area contributed by atoms with Gasteiger partial charge in [-0.2, -0.15) is 0 Å². The first-order chi connectivity index (χ1) is 6.58. The molecule has 1 atom stereocenters. The molecule has 0 saturated carbocycles. The Labute approximate surface area is 82.6 Å². The topological polar surface area (TPSA) is 68.9 Å². The Morgan fingerprint density at radius 1 is 1.29 bits per heavy atom. The standard InChI is InChI=1S/C10H13N3O/c1-5-10-8(13-6(2)12-5)3-7(11)4-9(10)14/h7H,3-4,11H2,1-2H3. The summed E-state index contributed by atoms with van der Waals surface area (Å²) in [5, 5.41) is 0. The maximum Gasteiger partial charge on any atom is 0.168 e. The van der Waals surface area contributed by atoms with E-state index in [4.69, 9.17) is 5.73 Å². The molecule has 1 heterocycles. The zero-order chi connectivity index (χ0) is 10.3. The van der Waals surface area contributed by atoms with Gasteiger partial charge < -0.3 is 5.73 Å². The summed E-state index contributed by atoms with van der Waals surface area (Å²) < 4.78 is 0. The third-order valence-corrected chi connectivity index (χ3v) is 2.46. The quantitative estimate of drug-likeness (QED) is 0.650. The number of nitrogens with zero attached hydrogens (tertiary/aromatic N) is 2. The summed E-state index contributed by atoms with van der Waals surface area (Å²) in [6, 6.07) is -0.0799. The molecule has 4 nitrogen and oxygen atoms in total. The zero-order valence-electron chi connectivity index (χ0n) is 8.37. The Morgan fingerprint density at radius 2 is 2.00 bits per heavy atom. The summed E-state index contributed by atoms with van der Waals surface area (Å²) in [7, 11) is 0. The molecule has 0 aromatic carbocycles. The number of Topliss-reactive ketones (excluding diaryl/α,β-unsaturated/α-hetero) is 1. The van der Waals surface area contributed by atoms with Crippen LogP contribution in [0.5, 0.6) is 0 Å². The molecule has 0 amide bonds. The summed E-state index contributed by atoms with van der Waals surface area (Å²) in [5.41, 5.74) is 8.05. The average molecular weight is 191 g/mol. The van der Waals surface area contributed by atoms with E-state index in [0.717, 1.165) is 11.4 Å². The van der Waals surface area contributed by atoms with E-state index in [-0.39, 0.29) is 11.8 Å². The zero-order valence-corrected chi connectivity index (χ0v) is 8.37. The molecule has 14 heavy (non-hydrogen) atoms. The van der Waals surface area contributed by atoms with Crippen LogP contribution in [-0.2, 0) is 6.42 Å².